The highest BCUT2D eigenvalue weighted by molar-refractivity contribution is 7.89. The van der Waals surface area contributed by atoms with Gasteiger partial charge < -0.3 is 5.32 Å². The number of hydrogen-bond acceptors (Lipinski definition) is 3. The molecule has 134 valence electrons. The summed E-state index contributed by atoms with van der Waals surface area (Å²) in [6, 6.07) is 14.2. The lowest BCUT2D eigenvalue weighted by Gasteiger charge is -2.25. The molecule has 0 unspecified atom stereocenters. The summed E-state index contributed by atoms with van der Waals surface area (Å²) in [4.78, 5) is 13.0. The largest absolute Gasteiger partial charge is 0.325 e. The molecule has 0 saturated carbocycles. The third-order valence-corrected chi connectivity index (χ3v) is 6.11. The molecule has 0 aromatic heterocycles. The third-order valence-electron chi connectivity index (χ3n) is 4.30. The average molecular weight is 360 g/mol. The van der Waals surface area contributed by atoms with E-state index in [4.69, 9.17) is 0 Å². The second-order valence-corrected chi connectivity index (χ2v) is 8.86. The first-order valence-electron chi connectivity index (χ1n) is 7.97. The maximum Gasteiger partial charge on any atom is 0.242 e. The number of carbonyl (C=O) groups is 1. The van der Waals surface area contributed by atoms with E-state index in [9.17, 15) is 13.2 Å². The quantitative estimate of drug-likeness (QED) is 0.891. The average Bonchev–Trinajstić information content (AvgIpc) is 2.57. The summed E-state index contributed by atoms with van der Waals surface area (Å²) in [5.74, 6) is -0.193. The lowest BCUT2D eigenvalue weighted by Crippen LogP contribution is -2.35. The SMILES string of the molecule is Cc1ccc(S(=O)(=O)N(C)C)cc1NC(=O)C(C)(C)c1ccccc1. The number of anilines is 1. The molecular formula is C19H24N2O3S. The highest BCUT2D eigenvalue weighted by atomic mass is 32.2. The molecule has 1 amide bonds. The Morgan fingerprint density at radius 3 is 2.20 bits per heavy atom. The van der Waals surface area contributed by atoms with Gasteiger partial charge in [0.15, 0.2) is 0 Å². The number of aryl methyl sites for hydroxylation is 1. The standard InChI is InChI=1S/C19H24N2O3S/c1-14-11-12-16(25(23,24)21(4)5)13-17(14)20-18(22)19(2,3)15-9-7-6-8-10-15/h6-13H,1-5H3,(H,20,22). The molecule has 0 aliphatic carbocycles. The lowest BCUT2D eigenvalue weighted by molar-refractivity contribution is -0.120. The van der Waals surface area contributed by atoms with E-state index in [1.165, 1.54) is 20.2 Å². The zero-order valence-electron chi connectivity index (χ0n) is 15.2. The van der Waals surface area contributed by atoms with Crippen LogP contribution >= 0.6 is 0 Å². The van der Waals surface area contributed by atoms with Crippen LogP contribution in [0.15, 0.2) is 53.4 Å². The number of nitrogens with zero attached hydrogens (tertiary/aromatic N) is 1. The van der Waals surface area contributed by atoms with Crippen molar-refractivity contribution in [1.29, 1.82) is 0 Å². The summed E-state index contributed by atoms with van der Waals surface area (Å²) in [6.45, 7) is 5.51. The molecular weight excluding hydrogens is 336 g/mol. The van der Waals surface area contributed by atoms with Crippen molar-refractivity contribution in [2.45, 2.75) is 31.1 Å². The first-order chi connectivity index (χ1) is 11.6. The van der Waals surface area contributed by atoms with E-state index in [0.717, 1.165) is 15.4 Å². The maximum atomic E-state index is 12.8. The Hall–Kier alpha value is -2.18. The fourth-order valence-corrected chi connectivity index (χ4v) is 3.30. The van der Waals surface area contributed by atoms with Crippen LogP contribution in [0.3, 0.4) is 0 Å². The first-order valence-corrected chi connectivity index (χ1v) is 9.41. The van der Waals surface area contributed by atoms with Crippen LogP contribution in [0.5, 0.6) is 0 Å². The van der Waals surface area contributed by atoms with Crippen molar-refractivity contribution in [1.82, 2.24) is 4.31 Å². The van der Waals surface area contributed by atoms with Gasteiger partial charge in [0.25, 0.3) is 0 Å². The molecule has 2 rings (SSSR count). The molecule has 2 aromatic rings. The minimum absolute atomic E-state index is 0.149. The molecule has 0 heterocycles. The van der Waals surface area contributed by atoms with Crippen molar-refractivity contribution < 1.29 is 13.2 Å². The third kappa shape index (κ3) is 3.91. The van der Waals surface area contributed by atoms with Gasteiger partial charge in [-0.1, -0.05) is 36.4 Å². The van der Waals surface area contributed by atoms with Gasteiger partial charge in [0, 0.05) is 19.8 Å². The van der Waals surface area contributed by atoms with E-state index in [1.807, 2.05) is 51.1 Å². The Balaban J connectivity index is 2.36. The fraction of sp³-hybridized carbons (Fsp3) is 0.316. The summed E-state index contributed by atoms with van der Waals surface area (Å²) in [5, 5.41) is 2.88. The highest BCUT2D eigenvalue weighted by Gasteiger charge is 2.30. The van der Waals surface area contributed by atoms with Crippen molar-refractivity contribution >= 4 is 21.6 Å². The Bertz CT molecular complexity index is 873. The van der Waals surface area contributed by atoms with Gasteiger partial charge in [-0.2, -0.15) is 0 Å². The molecule has 5 nitrogen and oxygen atoms in total. The highest BCUT2D eigenvalue weighted by Crippen LogP contribution is 2.27. The number of sulfonamides is 1. The monoisotopic (exact) mass is 360 g/mol. The van der Waals surface area contributed by atoms with Crippen LogP contribution in [0.4, 0.5) is 5.69 Å². The van der Waals surface area contributed by atoms with E-state index in [1.54, 1.807) is 12.1 Å². The topological polar surface area (TPSA) is 66.5 Å². The van der Waals surface area contributed by atoms with Gasteiger partial charge in [0.05, 0.1) is 10.3 Å². The smallest absolute Gasteiger partial charge is 0.242 e. The summed E-state index contributed by atoms with van der Waals surface area (Å²) in [6.07, 6.45) is 0. The number of nitrogens with one attached hydrogen (secondary N) is 1. The Morgan fingerprint density at radius 2 is 1.64 bits per heavy atom. The van der Waals surface area contributed by atoms with E-state index in [0.29, 0.717) is 5.69 Å². The van der Waals surface area contributed by atoms with Crippen LogP contribution in [-0.2, 0) is 20.2 Å². The summed E-state index contributed by atoms with van der Waals surface area (Å²) in [7, 11) is -0.601. The van der Waals surface area contributed by atoms with Crippen LogP contribution in [0, 0.1) is 6.92 Å². The number of carbonyl (C=O) groups excluding carboxylic acids is 1. The van der Waals surface area contributed by atoms with Crippen molar-refractivity contribution in [3.05, 3.63) is 59.7 Å². The van der Waals surface area contributed by atoms with E-state index in [2.05, 4.69) is 5.32 Å². The molecule has 0 bridgehead atoms. The van der Waals surface area contributed by atoms with Crippen LogP contribution < -0.4 is 5.32 Å². The zero-order valence-corrected chi connectivity index (χ0v) is 16.0. The van der Waals surface area contributed by atoms with Crippen LogP contribution in [0.2, 0.25) is 0 Å². The first kappa shape index (κ1) is 19.1. The molecule has 0 spiro atoms. The van der Waals surface area contributed by atoms with Gasteiger partial charge in [-0.15, -0.1) is 0 Å². The van der Waals surface area contributed by atoms with Crippen molar-refractivity contribution in [2.75, 3.05) is 19.4 Å². The minimum Gasteiger partial charge on any atom is -0.325 e. The summed E-state index contributed by atoms with van der Waals surface area (Å²) < 4.78 is 25.8. The molecule has 1 N–H and O–H groups in total. The van der Waals surface area contributed by atoms with Crippen molar-refractivity contribution in [3.63, 3.8) is 0 Å². The van der Waals surface area contributed by atoms with Gasteiger partial charge in [-0.05, 0) is 44.0 Å². The zero-order chi connectivity index (χ0) is 18.8. The number of benzene rings is 2. The van der Waals surface area contributed by atoms with E-state index >= 15 is 0 Å². The second kappa shape index (κ2) is 6.98. The molecule has 0 radical (unpaired) electrons. The van der Waals surface area contributed by atoms with E-state index in [-0.39, 0.29) is 10.8 Å². The Kier molecular flexibility index (Phi) is 5.34. The van der Waals surface area contributed by atoms with Crippen LogP contribution in [-0.4, -0.2) is 32.7 Å². The fourth-order valence-electron chi connectivity index (χ4n) is 2.37. The van der Waals surface area contributed by atoms with Crippen molar-refractivity contribution in [3.8, 4) is 0 Å². The normalized spacial score (nSPS) is 12.2. The maximum absolute atomic E-state index is 12.8. The van der Waals surface area contributed by atoms with Crippen molar-refractivity contribution in [2.24, 2.45) is 0 Å². The van der Waals surface area contributed by atoms with Gasteiger partial charge in [0.2, 0.25) is 15.9 Å². The Morgan fingerprint density at radius 1 is 1.04 bits per heavy atom. The molecule has 6 heteroatoms. The molecule has 0 saturated heterocycles. The van der Waals surface area contributed by atoms with Crippen LogP contribution in [0.1, 0.15) is 25.0 Å². The Labute approximate surface area is 149 Å². The lowest BCUT2D eigenvalue weighted by atomic mass is 9.83. The number of hydrogen-bond donors (Lipinski definition) is 1. The van der Waals surface area contributed by atoms with Gasteiger partial charge in [-0.25, -0.2) is 12.7 Å². The molecule has 0 aliphatic heterocycles. The molecule has 0 aliphatic rings. The van der Waals surface area contributed by atoms with Crippen LogP contribution in [0.25, 0.3) is 0 Å². The predicted octanol–water partition coefficient (Wildman–Crippen LogP) is 3.16. The second-order valence-electron chi connectivity index (χ2n) is 6.71. The molecule has 2 aromatic carbocycles. The van der Waals surface area contributed by atoms with E-state index < -0.39 is 15.4 Å². The van der Waals surface area contributed by atoms with Gasteiger partial charge >= 0.3 is 0 Å². The molecule has 0 fully saturated rings. The molecule has 0 atom stereocenters. The minimum atomic E-state index is -3.56. The summed E-state index contributed by atoms with van der Waals surface area (Å²) >= 11 is 0. The summed E-state index contributed by atoms with van der Waals surface area (Å²) in [5.41, 5.74) is 1.44. The molecule has 25 heavy (non-hydrogen) atoms. The number of rotatable bonds is 5. The van der Waals surface area contributed by atoms with Gasteiger partial charge in [0.1, 0.15) is 0 Å². The predicted molar refractivity (Wildman–Crippen MR) is 100 cm³/mol. The van der Waals surface area contributed by atoms with Gasteiger partial charge in [-0.3, -0.25) is 4.79 Å². The number of amides is 1.